The fraction of sp³-hybridized carbons (Fsp3) is 0.300. The van der Waals surface area contributed by atoms with Crippen molar-refractivity contribution in [3.63, 3.8) is 0 Å². The zero-order valence-electron chi connectivity index (χ0n) is 14.6. The number of benzene rings is 2. The second-order valence-corrected chi connectivity index (χ2v) is 6.17. The van der Waals surface area contributed by atoms with Crippen LogP contribution in [-0.4, -0.2) is 28.1 Å². The van der Waals surface area contributed by atoms with Crippen LogP contribution in [0.1, 0.15) is 23.4 Å². The molecule has 0 unspecified atom stereocenters. The van der Waals surface area contributed by atoms with Gasteiger partial charge in [-0.3, -0.25) is 4.90 Å². The van der Waals surface area contributed by atoms with Crippen molar-refractivity contribution in [2.24, 2.45) is 5.73 Å². The van der Waals surface area contributed by atoms with E-state index in [1.165, 1.54) is 5.56 Å². The minimum Gasteiger partial charge on any atom is -0.338 e. The van der Waals surface area contributed by atoms with Crippen molar-refractivity contribution in [1.82, 2.24) is 15.0 Å². The van der Waals surface area contributed by atoms with E-state index in [4.69, 9.17) is 10.3 Å². The number of aryl methyl sites for hydroxylation is 1. The zero-order chi connectivity index (χ0) is 17.5. The molecule has 0 bridgehead atoms. The molecule has 1 heterocycles. The van der Waals surface area contributed by atoms with Gasteiger partial charge in [0.1, 0.15) is 0 Å². The molecule has 2 N–H and O–H groups in total. The molecule has 0 aliphatic carbocycles. The highest BCUT2D eigenvalue weighted by atomic mass is 16.5. The highest BCUT2D eigenvalue weighted by molar-refractivity contribution is 5.58. The summed E-state index contributed by atoms with van der Waals surface area (Å²) in [5.74, 6) is 1.28. The van der Waals surface area contributed by atoms with Crippen LogP contribution in [0.5, 0.6) is 0 Å². The summed E-state index contributed by atoms with van der Waals surface area (Å²) in [5, 5.41) is 4.15. The van der Waals surface area contributed by atoms with Crippen LogP contribution in [0.2, 0.25) is 0 Å². The van der Waals surface area contributed by atoms with Gasteiger partial charge in [-0.1, -0.05) is 59.8 Å². The topological polar surface area (TPSA) is 68.2 Å². The predicted octanol–water partition coefficient (Wildman–Crippen LogP) is 3.40. The van der Waals surface area contributed by atoms with Gasteiger partial charge in [0.25, 0.3) is 0 Å². The van der Waals surface area contributed by atoms with Gasteiger partial charge in [0, 0.05) is 18.7 Å². The number of nitrogens with zero attached hydrogens (tertiary/aromatic N) is 3. The number of aromatic nitrogens is 2. The molecule has 5 nitrogen and oxygen atoms in total. The molecule has 0 radical (unpaired) electrons. The normalized spacial score (nSPS) is 11.2. The van der Waals surface area contributed by atoms with E-state index < -0.39 is 0 Å². The molecular weight excluding hydrogens is 312 g/mol. The van der Waals surface area contributed by atoms with E-state index in [0.29, 0.717) is 24.8 Å². The third-order valence-corrected chi connectivity index (χ3v) is 4.14. The summed E-state index contributed by atoms with van der Waals surface area (Å²) in [5.41, 5.74) is 9.09. The van der Waals surface area contributed by atoms with Crippen LogP contribution in [0.3, 0.4) is 0 Å². The van der Waals surface area contributed by atoms with Gasteiger partial charge in [-0.25, -0.2) is 0 Å². The minimum atomic E-state index is 0.619. The molecule has 5 heteroatoms. The second kappa shape index (κ2) is 8.55. The van der Waals surface area contributed by atoms with Gasteiger partial charge in [-0.2, -0.15) is 4.98 Å². The molecule has 0 saturated carbocycles. The van der Waals surface area contributed by atoms with Crippen LogP contribution >= 0.6 is 0 Å². The van der Waals surface area contributed by atoms with E-state index in [9.17, 15) is 0 Å². The first-order chi connectivity index (χ1) is 12.3. The minimum absolute atomic E-state index is 0.619. The Morgan fingerprint density at radius 3 is 2.52 bits per heavy atom. The maximum atomic E-state index is 5.68. The van der Waals surface area contributed by atoms with E-state index >= 15 is 0 Å². The van der Waals surface area contributed by atoms with Crippen molar-refractivity contribution in [3.05, 3.63) is 71.6 Å². The van der Waals surface area contributed by atoms with Crippen LogP contribution in [0, 0.1) is 6.92 Å². The maximum Gasteiger partial charge on any atom is 0.241 e. The lowest BCUT2D eigenvalue weighted by atomic mass is 10.1. The van der Waals surface area contributed by atoms with E-state index in [-0.39, 0.29) is 0 Å². The number of hydrogen-bond acceptors (Lipinski definition) is 5. The average Bonchev–Trinajstić information content (AvgIpc) is 3.09. The first kappa shape index (κ1) is 17.3. The summed E-state index contributed by atoms with van der Waals surface area (Å²) in [6, 6.07) is 18.5. The Hall–Kier alpha value is -2.50. The van der Waals surface area contributed by atoms with Crippen molar-refractivity contribution in [1.29, 1.82) is 0 Å². The number of nitrogens with two attached hydrogens (primary N) is 1. The fourth-order valence-corrected chi connectivity index (χ4v) is 2.81. The molecule has 0 atom stereocenters. The smallest absolute Gasteiger partial charge is 0.241 e. The molecular formula is C20H24N4O. The van der Waals surface area contributed by atoms with Crippen molar-refractivity contribution in [3.8, 4) is 11.4 Å². The van der Waals surface area contributed by atoms with Gasteiger partial charge in [0.2, 0.25) is 11.7 Å². The molecule has 0 spiro atoms. The second-order valence-electron chi connectivity index (χ2n) is 6.17. The molecule has 2 aromatic carbocycles. The maximum absolute atomic E-state index is 5.68. The van der Waals surface area contributed by atoms with Gasteiger partial charge in [0.05, 0.1) is 6.54 Å². The van der Waals surface area contributed by atoms with Crippen molar-refractivity contribution >= 4 is 0 Å². The Kier molecular flexibility index (Phi) is 5.93. The number of rotatable bonds is 8. The summed E-state index contributed by atoms with van der Waals surface area (Å²) < 4.78 is 5.49. The monoisotopic (exact) mass is 336 g/mol. The van der Waals surface area contributed by atoms with Crippen molar-refractivity contribution in [2.75, 3.05) is 13.1 Å². The zero-order valence-corrected chi connectivity index (χ0v) is 14.6. The van der Waals surface area contributed by atoms with Gasteiger partial charge in [-0.15, -0.1) is 0 Å². The highest BCUT2D eigenvalue weighted by Gasteiger charge is 2.14. The molecule has 3 rings (SSSR count). The molecule has 25 heavy (non-hydrogen) atoms. The molecule has 0 aliphatic heterocycles. The third kappa shape index (κ3) is 4.75. The average molecular weight is 336 g/mol. The van der Waals surface area contributed by atoms with E-state index in [1.807, 2.05) is 37.3 Å². The Morgan fingerprint density at radius 2 is 1.76 bits per heavy atom. The Balaban J connectivity index is 1.72. The molecule has 1 aromatic heterocycles. The van der Waals surface area contributed by atoms with Gasteiger partial charge >= 0.3 is 0 Å². The Morgan fingerprint density at radius 1 is 1.00 bits per heavy atom. The Bertz CT molecular complexity index is 785. The lowest BCUT2D eigenvalue weighted by Gasteiger charge is -2.20. The van der Waals surface area contributed by atoms with Crippen molar-refractivity contribution < 1.29 is 4.52 Å². The van der Waals surface area contributed by atoms with E-state index in [2.05, 4.69) is 39.3 Å². The summed E-state index contributed by atoms with van der Waals surface area (Å²) >= 11 is 0. The van der Waals surface area contributed by atoms with Crippen LogP contribution in [0.15, 0.2) is 59.1 Å². The van der Waals surface area contributed by atoms with Gasteiger partial charge in [0.15, 0.2) is 0 Å². The molecule has 0 aliphatic rings. The van der Waals surface area contributed by atoms with Crippen molar-refractivity contribution in [2.45, 2.75) is 26.4 Å². The lowest BCUT2D eigenvalue weighted by molar-refractivity contribution is 0.217. The third-order valence-electron chi connectivity index (χ3n) is 4.14. The summed E-state index contributed by atoms with van der Waals surface area (Å²) in [4.78, 5) is 6.87. The van der Waals surface area contributed by atoms with E-state index in [0.717, 1.165) is 30.6 Å². The van der Waals surface area contributed by atoms with Crippen LogP contribution in [-0.2, 0) is 13.1 Å². The van der Waals surface area contributed by atoms with Gasteiger partial charge < -0.3 is 10.3 Å². The Labute approximate surface area is 148 Å². The van der Waals surface area contributed by atoms with Crippen LogP contribution in [0.25, 0.3) is 11.4 Å². The first-order valence-electron chi connectivity index (χ1n) is 8.61. The standard InChI is InChI=1S/C20H24N4O/c1-16-8-5-6-11-18(16)20-22-19(25-23-20)15-24(13-7-12-21)14-17-9-3-2-4-10-17/h2-6,8-11H,7,12-15,21H2,1H3. The molecule has 0 amide bonds. The lowest BCUT2D eigenvalue weighted by Crippen LogP contribution is -2.25. The highest BCUT2D eigenvalue weighted by Crippen LogP contribution is 2.20. The molecule has 0 saturated heterocycles. The summed E-state index contributed by atoms with van der Waals surface area (Å²) in [6.45, 7) is 5.07. The molecule has 130 valence electrons. The van der Waals surface area contributed by atoms with E-state index in [1.54, 1.807) is 0 Å². The van der Waals surface area contributed by atoms with Gasteiger partial charge in [-0.05, 0) is 31.0 Å². The van der Waals surface area contributed by atoms with Crippen LogP contribution in [0.4, 0.5) is 0 Å². The molecule has 0 fully saturated rings. The SMILES string of the molecule is Cc1ccccc1-c1noc(CN(CCCN)Cc2ccccc2)n1. The fourth-order valence-electron chi connectivity index (χ4n) is 2.81. The molecule has 3 aromatic rings. The summed E-state index contributed by atoms with van der Waals surface area (Å²) in [6.07, 6.45) is 0.936. The largest absolute Gasteiger partial charge is 0.338 e. The first-order valence-corrected chi connectivity index (χ1v) is 8.61. The van der Waals surface area contributed by atoms with Crippen LogP contribution < -0.4 is 5.73 Å². The quantitative estimate of drug-likeness (QED) is 0.683. The summed E-state index contributed by atoms with van der Waals surface area (Å²) in [7, 11) is 0. The number of hydrogen-bond donors (Lipinski definition) is 1. The predicted molar refractivity (Wildman–Crippen MR) is 98.7 cm³/mol.